The second kappa shape index (κ2) is 6.79. The fourth-order valence-electron chi connectivity index (χ4n) is 3.15. The lowest BCUT2D eigenvalue weighted by atomic mass is 9.92. The van der Waals surface area contributed by atoms with Gasteiger partial charge in [-0.15, -0.1) is 0 Å². The van der Waals surface area contributed by atoms with E-state index in [4.69, 9.17) is 0 Å². The summed E-state index contributed by atoms with van der Waals surface area (Å²) in [6, 6.07) is 6.86. The molecule has 3 aromatic heterocycles. The van der Waals surface area contributed by atoms with Gasteiger partial charge in [0.1, 0.15) is 5.82 Å². The van der Waals surface area contributed by atoms with Gasteiger partial charge in [-0.25, -0.2) is 9.97 Å². The number of aromatic nitrogens is 3. The Morgan fingerprint density at radius 1 is 1.21 bits per heavy atom. The Kier molecular flexibility index (Phi) is 4.36. The van der Waals surface area contributed by atoms with Gasteiger partial charge in [0.15, 0.2) is 0 Å². The van der Waals surface area contributed by atoms with Gasteiger partial charge in [0.2, 0.25) is 0 Å². The number of thiophene rings is 1. The Morgan fingerprint density at radius 2 is 2.17 bits per heavy atom. The summed E-state index contributed by atoms with van der Waals surface area (Å²) in [6.07, 6.45) is 7.14. The summed E-state index contributed by atoms with van der Waals surface area (Å²) >= 11 is 1.70. The van der Waals surface area contributed by atoms with Gasteiger partial charge in [0, 0.05) is 41.6 Å². The third-order valence-corrected chi connectivity index (χ3v) is 5.19. The predicted molar refractivity (Wildman–Crippen MR) is 97.0 cm³/mol. The highest BCUT2D eigenvalue weighted by atomic mass is 32.1. The van der Waals surface area contributed by atoms with Crippen molar-refractivity contribution in [1.82, 2.24) is 20.3 Å². The van der Waals surface area contributed by atoms with Gasteiger partial charge in [-0.1, -0.05) is 6.07 Å². The molecule has 24 heavy (non-hydrogen) atoms. The minimum Gasteiger partial charge on any atom is -0.310 e. The molecule has 0 saturated heterocycles. The zero-order chi connectivity index (χ0) is 16.4. The minimum atomic E-state index is 0.486. The zero-order valence-electron chi connectivity index (χ0n) is 13.7. The molecule has 122 valence electrons. The summed E-state index contributed by atoms with van der Waals surface area (Å²) in [5.74, 6) is 0.872. The molecule has 1 atom stereocenters. The first kappa shape index (κ1) is 15.4. The SMILES string of the molecule is Cc1ncc2c(n1)CCC(NCc1ccc(-c3ccsc3)nc1)C2. The van der Waals surface area contributed by atoms with Crippen LogP contribution in [0.5, 0.6) is 0 Å². The lowest BCUT2D eigenvalue weighted by Crippen LogP contribution is -2.34. The van der Waals surface area contributed by atoms with Crippen LogP contribution in [0, 0.1) is 6.92 Å². The highest BCUT2D eigenvalue weighted by Gasteiger charge is 2.19. The molecule has 1 N–H and O–H groups in total. The second-order valence-corrected chi connectivity index (χ2v) is 7.05. The molecule has 1 aliphatic rings. The first-order valence-electron chi connectivity index (χ1n) is 8.30. The van der Waals surface area contributed by atoms with Crippen LogP contribution in [-0.4, -0.2) is 21.0 Å². The van der Waals surface area contributed by atoms with Crippen LogP contribution in [-0.2, 0) is 19.4 Å². The largest absolute Gasteiger partial charge is 0.310 e. The molecule has 0 radical (unpaired) electrons. The smallest absolute Gasteiger partial charge is 0.125 e. The van der Waals surface area contributed by atoms with Gasteiger partial charge in [-0.2, -0.15) is 11.3 Å². The van der Waals surface area contributed by atoms with Crippen LogP contribution >= 0.6 is 11.3 Å². The number of fused-ring (bicyclic) bond motifs is 1. The van der Waals surface area contributed by atoms with Crippen molar-refractivity contribution in [1.29, 1.82) is 0 Å². The molecule has 0 bridgehead atoms. The maximum Gasteiger partial charge on any atom is 0.125 e. The molecule has 0 fully saturated rings. The molecule has 5 heteroatoms. The Balaban J connectivity index is 1.36. The predicted octanol–water partition coefficient (Wildman–Crippen LogP) is 3.56. The number of hydrogen-bond donors (Lipinski definition) is 1. The van der Waals surface area contributed by atoms with Crippen LogP contribution in [0.2, 0.25) is 0 Å². The Morgan fingerprint density at radius 3 is 2.96 bits per heavy atom. The Bertz CT molecular complexity index is 812. The summed E-state index contributed by atoms with van der Waals surface area (Å²) in [7, 11) is 0. The van der Waals surface area contributed by atoms with E-state index < -0.39 is 0 Å². The summed E-state index contributed by atoms with van der Waals surface area (Å²) in [6.45, 7) is 2.81. The average Bonchev–Trinajstić information content (AvgIpc) is 3.15. The van der Waals surface area contributed by atoms with E-state index in [0.29, 0.717) is 6.04 Å². The maximum atomic E-state index is 4.58. The summed E-state index contributed by atoms with van der Waals surface area (Å²) in [5.41, 5.74) is 5.97. The van der Waals surface area contributed by atoms with Crippen LogP contribution in [0.25, 0.3) is 11.3 Å². The Labute approximate surface area is 146 Å². The molecule has 3 aromatic rings. The number of rotatable bonds is 4. The van der Waals surface area contributed by atoms with E-state index in [1.807, 2.05) is 19.3 Å². The minimum absolute atomic E-state index is 0.486. The fraction of sp³-hybridized carbons (Fsp3) is 0.316. The van der Waals surface area contributed by atoms with Crippen molar-refractivity contribution in [3.8, 4) is 11.3 Å². The maximum absolute atomic E-state index is 4.58. The average molecular weight is 336 g/mol. The van der Waals surface area contributed by atoms with E-state index >= 15 is 0 Å². The molecule has 1 aliphatic carbocycles. The molecular formula is C19H20N4S. The Hall–Kier alpha value is -2.11. The molecule has 0 aromatic carbocycles. The molecule has 3 heterocycles. The number of aryl methyl sites for hydroxylation is 2. The van der Waals surface area contributed by atoms with E-state index in [1.54, 1.807) is 11.3 Å². The van der Waals surface area contributed by atoms with Crippen LogP contribution in [0.1, 0.15) is 29.1 Å². The van der Waals surface area contributed by atoms with Crippen molar-refractivity contribution < 1.29 is 0 Å². The van der Waals surface area contributed by atoms with Gasteiger partial charge < -0.3 is 5.32 Å². The monoisotopic (exact) mass is 336 g/mol. The van der Waals surface area contributed by atoms with Gasteiger partial charge in [0.05, 0.1) is 5.69 Å². The summed E-state index contributed by atoms with van der Waals surface area (Å²) in [4.78, 5) is 13.5. The first-order chi connectivity index (χ1) is 11.8. The normalized spacial score (nSPS) is 16.8. The number of nitrogens with zero attached hydrogens (tertiary/aromatic N) is 3. The van der Waals surface area contributed by atoms with Gasteiger partial charge in [-0.3, -0.25) is 4.98 Å². The molecule has 0 spiro atoms. The van der Waals surface area contributed by atoms with Crippen LogP contribution in [0.3, 0.4) is 0 Å². The molecule has 0 amide bonds. The second-order valence-electron chi connectivity index (χ2n) is 6.27. The summed E-state index contributed by atoms with van der Waals surface area (Å²) < 4.78 is 0. The van der Waals surface area contributed by atoms with Crippen molar-refractivity contribution in [3.05, 3.63) is 64.0 Å². The van der Waals surface area contributed by atoms with Crippen molar-refractivity contribution in [2.45, 2.75) is 38.8 Å². The van der Waals surface area contributed by atoms with Crippen molar-refractivity contribution in [2.24, 2.45) is 0 Å². The van der Waals surface area contributed by atoms with E-state index in [-0.39, 0.29) is 0 Å². The molecule has 4 nitrogen and oxygen atoms in total. The van der Waals surface area contributed by atoms with E-state index in [0.717, 1.165) is 37.3 Å². The first-order valence-corrected chi connectivity index (χ1v) is 9.24. The van der Waals surface area contributed by atoms with Crippen LogP contribution < -0.4 is 5.32 Å². The zero-order valence-corrected chi connectivity index (χ0v) is 14.5. The van der Waals surface area contributed by atoms with Gasteiger partial charge in [-0.05, 0) is 54.8 Å². The van der Waals surface area contributed by atoms with Crippen molar-refractivity contribution in [3.63, 3.8) is 0 Å². The lowest BCUT2D eigenvalue weighted by Gasteiger charge is -2.24. The van der Waals surface area contributed by atoms with E-state index in [1.165, 1.54) is 22.4 Å². The quantitative estimate of drug-likeness (QED) is 0.791. The molecule has 0 aliphatic heterocycles. The number of pyridine rings is 1. The molecular weight excluding hydrogens is 316 g/mol. The molecule has 0 saturated carbocycles. The van der Waals surface area contributed by atoms with E-state index in [2.05, 4.69) is 49.2 Å². The highest BCUT2D eigenvalue weighted by Crippen LogP contribution is 2.21. The highest BCUT2D eigenvalue weighted by molar-refractivity contribution is 7.08. The third kappa shape index (κ3) is 3.37. The van der Waals surface area contributed by atoms with Crippen molar-refractivity contribution >= 4 is 11.3 Å². The standard InChI is InChI=1S/C19H20N4S/c1-13-20-11-16-8-17(3-5-19(16)23-13)21-9-14-2-4-18(22-10-14)15-6-7-24-12-15/h2,4,6-7,10-12,17,21H,3,5,8-9H2,1H3. The molecule has 1 unspecified atom stereocenters. The van der Waals surface area contributed by atoms with Crippen molar-refractivity contribution in [2.75, 3.05) is 0 Å². The summed E-state index contributed by atoms with van der Waals surface area (Å²) in [5, 5.41) is 7.86. The lowest BCUT2D eigenvalue weighted by molar-refractivity contribution is 0.451. The topological polar surface area (TPSA) is 50.7 Å². The van der Waals surface area contributed by atoms with Gasteiger partial charge in [0.25, 0.3) is 0 Å². The number of nitrogens with one attached hydrogen (secondary N) is 1. The van der Waals surface area contributed by atoms with Gasteiger partial charge >= 0.3 is 0 Å². The molecule has 4 rings (SSSR count). The van der Waals surface area contributed by atoms with Crippen LogP contribution in [0.15, 0.2) is 41.4 Å². The fourth-order valence-corrected chi connectivity index (χ4v) is 3.80. The van der Waals surface area contributed by atoms with E-state index in [9.17, 15) is 0 Å². The number of hydrogen-bond acceptors (Lipinski definition) is 5. The van der Waals surface area contributed by atoms with Crippen LogP contribution in [0.4, 0.5) is 0 Å². The third-order valence-electron chi connectivity index (χ3n) is 4.51.